The number of benzene rings is 1. The van der Waals surface area contributed by atoms with E-state index < -0.39 is 4.92 Å². The Morgan fingerprint density at radius 2 is 2.12 bits per heavy atom. The first-order chi connectivity index (χ1) is 7.86. The van der Waals surface area contributed by atoms with Crippen molar-refractivity contribution in [3.63, 3.8) is 0 Å². The summed E-state index contributed by atoms with van der Waals surface area (Å²) in [4.78, 5) is 10.3. The Balaban J connectivity index is 2.82. The molecule has 5 nitrogen and oxygen atoms in total. The molecule has 0 saturated carbocycles. The Kier molecular flexibility index (Phi) is 4.20. The summed E-state index contributed by atoms with van der Waals surface area (Å²) in [6, 6.07) is 6.57. The molecule has 0 aliphatic carbocycles. The van der Waals surface area contributed by atoms with Gasteiger partial charge in [0.05, 0.1) is 4.92 Å². The first kappa shape index (κ1) is 13.6. The minimum atomic E-state index is -0.394. The smallest absolute Gasteiger partial charge is 0.268 e. The van der Waals surface area contributed by atoms with E-state index in [0.29, 0.717) is 6.54 Å². The van der Waals surface area contributed by atoms with E-state index in [9.17, 15) is 10.1 Å². The molecule has 0 aliphatic heterocycles. The Morgan fingerprint density at radius 1 is 1.47 bits per heavy atom. The lowest BCUT2D eigenvalue weighted by molar-refractivity contribution is -0.384. The second-order valence-electron chi connectivity index (χ2n) is 4.72. The summed E-state index contributed by atoms with van der Waals surface area (Å²) in [6.07, 6.45) is 0.915. The highest BCUT2D eigenvalue weighted by Gasteiger charge is 2.22. The fourth-order valence-electron chi connectivity index (χ4n) is 1.38. The van der Waals surface area contributed by atoms with Gasteiger partial charge in [0.15, 0.2) is 0 Å². The Hall–Kier alpha value is -1.46. The fourth-order valence-corrected chi connectivity index (χ4v) is 1.38. The molecule has 0 spiro atoms. The number of rotatable bonds is 5. The van der Waals surface area contributed by atoms with Crippen LogP contribution in [0.3, 0.4) is 0 Å². The maximum absolute atomic E-state index is 10.7. The fraction of sp³-hybridized carbons (Fsp3) is 0.500. The predicted octanol–water partition coefficient (Wildman–Crippen LogP) is 2.46. The van der Waals surface area contributed by atoms with Gasteiger partial charge in [0.1, 0.15) is 0 Å². The summed E-state index contributed by atoms with van der Waals surface area (Å²) in [5.74, 6) is 5.98. The SMILES string of the molecule is CCC(C)(C)N(N)Cc1cccc([N+](=O)[O-])c1. The van der Waals surface area contributed by atoms with Crippen molar-refractivity contribution in [2.45, 2.75) is 39.3 Å². The zero-order valence-electron chi connectivity index (χ0n) is 10.5. The molecule has 0 amide bonds. The maximum Gasteiger partial charge on any atom is 0.269 e. The molecule has 0 unspecified atom stereocenters. The summed E-state index contributed by atoms with van der Waals surface area (Å²) in [5, 5.41) is 12.4. The molecule has 5 heteroatoms. The third kappa shape index (κ3) is 3.51. The monoisotopic (exact) mass is 237 g/mol. The summed E-state index contributed by atoms with van der Waals surface area (Å²) in [5.41, 5.74) is 0.832. The van der Waals surface area contributed by atoms with Crippen LogP contribution >= 0.6 is 0 Å². The van der Waals surface area contributed by atoms with Crippen LogP contribution in [0.5, 0.6) is 0 Å². The third-order valence-electron chi connectivity index (χ3n) is 3.12. The molecule has 0 radical (unpaired) electrons. The molecule has 0 atom stereocenters. The molecule has 0 saturated heterocycles. The largest absolute Gasteiger partial charge is 0.269 e. The number of hydrogen-bond acceptors (Lipinski definition) is 4. The van der Waals surface area contributed by atoms with E-state index in [0.717, 1.165) is 12.0 Å². The number of nitro groups is 1. The standard InChI is InChI=1S/C12H19N3O2/c1-4-12(2,3)14(13)9-10-6-5-7-11(8-10)15(16)17/h5-8H,4,9,13H2,1-3H3. The van der Waals surface area contributed by atoms with Crippen molar-refractivity contribution >= 4 is 5.69 Å². The van der Waals surface area contributed by atoms with Gasteiger partial charge in [-0.3, -0.25) is 16.0 Å². The minimum Gasteiger partial charge on any atom is -0.268 e. The van der Waals surface area contributed by atoms with E-state index in [1.165, 1.54) is 6.07 Å². The van der Waals surface area contributed by atoms with E-state index >= 15 is 0 Å². The van der Waals surface area contributed by atoms with Crippen LogP contribution < -0.4 is 5.84 Å². The first-order valence-electron chi connectivity index (χ1n) is 5.62. The molecule has 0 aromatic heterocycles. The van der Waals surface area contributed by atoms with E-state index in [1.54, 1.807) is 17.1 Å². The molecule has 1 aromatic rings. The lowest BCUT2D eigenvalue weighted by Crippen LogP contribution is -2.47. The van der Waals surface area contributed by atoms with Gasteiger partial charge in [-0.2, -0.15) is 0 Å². The third-order valence-corrected chi connectivity index (χ3v) is 3.12. The Labute approximate surface area is 101 Å². The van der Waals surface area contributed by atoms with Crippen LogP contribution in [0.15, 0.2) is 24.3 Å². The predicted molar refractivity (Wildman–Crippen MR) is 67.2 cm³/mol. The molecule has 94 valence electrons. The lowest BCUT2D eigenvalue weighted by Gasteiger charge is -2.34. The van der Waals surface area contributed by atoms with Crippen molar-refractivity contribution in [3.8, 4) is 0 Å². The molecule has 0 fully saturated rings. The highest BCUT2D eigenvalue weighted by molar-refractivity contribution is 5.34. The number of non-ortho nitro benzene ring substituents is 1. The van der Waals surface area contributed by atoms with Gasteiger partial charge in [0.25, 0.3) is 5.69 Å². The number of nitro benzene ring substituents is 1. The maximum atomic E-state index is 10.7. The number of nitrogens with two attached hydrogens (primary N) is 1. The van der Waals surface area contributed by atoms with E-state index in [4.69, 9.17) is 5.84 Å². The average Bonchev–Trinajstić information content (AvgIpc) is 2.29. The van der Waals surface area contributed by atoms with Crippen molar-refractivity contribution in [1.29, 1.82) is 0 Å². The van der Waals surface area contributed by atoms with E-state index in [1.807, 2.05) is 19.9 Å². The van der Waals surface area contributed by atoms with Crippen molar-refractivity contribution < 1.29 is 4.92 Å². The van der Waals surface area contributed by atoms with Crippen molar-refractivity contribution in [1.82, 2.24) is 5.01 Å². The van der Waals surface area contributed by atoms with E-state index in [-0.39, 0.29) is 11.2 Å². The molecule has 1 aromatic carbocycles. The topological polar surface area (TPSA) is 72.4 Å². The zero-order chi connectivity index (χ0) is 13.1. The number of hydrogen-bond donors (Lipinski definition) is 1. The first-order valence-corrected chi connectivity index (χ1v) is 5.62. The van der Waals surface area contributed by atoms with Gasteiger partial charge in [0, 0.05) is 24.2 Å². The summed E-state index contributed by atoms with van der Waals surface area (Å²) >= 11 is 0. The number of hydrazine groups is 1. The van der Waals surface area contributed by atoms with Gasteiger partial charge in [0.2, 0.25) is 0 Å². The van der Waals surface area contributed by atoms with Crippen molar-refractivity contribution in [2.24, 2.45) is 5.84 Å². The van der Waals surface area contributed by atoms with E-state index in [2.05, 4.69) is 6.92 Å². The van der Waals surface area contributed by atoms with Gasteiger partial charge >= 0.3 is 0 Å². The highest BCUT2D eigenvalue weighted by atomic mass is 16.6. The van der Waals surface area contributed by atoms with Crippen LogP contribution in [0, 0.1) is 10.1 Å². The van der Waals surface area contributed by atoms with Gasteiger partial charge in [-0.1, -0.05) is 19.1 Å². The quantitative estimate of drug-likeness (QED) is 0.485. The highest BCUT2D eigenvalue weighted by Crippen LogP contribution is 2.19. The molecule has 0 aliphatic rings. The Bertz CT molecular complexity index is 404. The summed E-state index contributed by atoms with van der Waals surface area (Å²) in [7, 11) is 0. The molecule has 17 heavy (non-hydrogen) atoms. The van der Waals surface area contributed by atoms with Crippen molar-refractivity contribution in [3.05, 3.63) is 39.9 Å². The normalized spacial score (nSPS) is 11.8. The van der Waals surface area contributed by atoms with Gasteiger partial charge in [-0.05, 0) is 25.8 Å². The van der Waals surface area contributed by atoms with Crippen LogP contribution in [0.1, 0.15) is 32.8 Å². The van der Waals surface area contributed by atoms with Gasteiger partial charge < -0.3 is 0 Å². The molecular weight excluding hydrogens is 218 g/mol. The molecule has 0 bridgehead atoms. The lowest BCUT2D eigenvalue weighted by atomic mass is 10.0. The van der Waals surface area contributed by atoms with Gasteiger partial charge in [-0.15, -0.1) is 0 Å². The van der Waals surface area contributed by atoms with Crippen molar-refractivity contribution in [2.75, 3.05) is 0 Å². The molecular formula is C12H19N3O2. The summed E-state index contributed by atoms with van der Waals surface area (Å²) < 4.78 is 0. The zero-order valence-corrected chi connectivity index (χ0v) is 10.5. The van der Waals surface area contributed by atoms with Crippen LogP contribution in [-0.4, -0.2) is 15.5 Å². The molecule has 1 rings (SSSR count). The van der Waals surface area contributed by atoms with Crippen LogP contribution in [0.25, 0.3) is 0 Å². The van der Waals surface area contributed by atoms with Crippen LogP contribution in [-0.2, 0) is 6.54 Å². The average molecular weight is 237 g/mol. The molecule has 0 heterocycles. The van der Waals surface area contributed by atoms with Gasteiger partial charge in [-0.25, -0.2) is 5.01 Å². The second kappa shape index (κ2) is 5.25. The van der Waals surface area contributed by atoms with Crippen LogP contribution in [0.2, 0.25) is 0 Å². The van der Waals surface area contributed by atoms with Crippen LogP contribution in [0.4, 0.5) is 5.69 Å². The summed E-state index contributed by atoms with van der Waals surface area (Å²) in [6.45, 7) is 6.66. The second-order valence-corrected chi connectivity index (χ2v) is 4.72. The minimum absolute atomic E-state index is 0.102. The molecule has 2 N–H and O–H groups in total. The Morgan fingerprint density at radius 3 is 2.65 bits per heavy atom. The number of nitrogens with zero attached hydrogens (tertiary/aromatic N) is 2.